The van der Waals surface area contributed by atoms with Crippen molar-refractivity contribution in [2.45, 2.75) is 6.92 Å². The smallest absolute Gasteiger partial charge is 0.323 e. The molecule has 152 valence electrons. The summed E-state index contributed by atoms with van der Waals surface area (Å²) in [6, 6.07) is 8.14. The molecule has 0 atom stereocenters. The molecule has 0 bridgehead atoms. The van der Waals surface area contributed by atoms with Crippen molar-refractivity contribution in [3.8, 4) is 5.75 Å². The topological polar surface area (TPSA) is 87.7 Å². The van der Waals surface area contributed by atoms with Gasteiger partial charge in [-0.05, 0) is 37.3 Å². The van der Waals surface area contributed by atoms with Gasteiger partial charge in [0, 0.05) is 37.1 Å². The van der Waals surface area contributed by atoms with Gasteiger partial charge in [-0.25, -0.2) is 26.3 Å². The molecule has 10 heteroatoms. The Balaban J connectivity index is 1.94. The average molecular weight is 413 g/mol. The summed E-state index contributed by atoms with van der Waals surface area (Å²) in [6.45, 7) is 1.65. The number of nitrogens with zero attached hydrogens (tertiary/aromatic N) is 1. The highest BCUT2D eigenvalue weighted by atomic mass is 32.2. The normalized spacial score (nSPS) is 11.3. The van der Waals surface area contributed by atoms with Crippen LogP contribution in [-0.2, 0) is 10.0 Å². The zero-order valence-electron chi connectivity index (χ0n) is 15.4. The van der Waals surface area contributed by atoms with Crippen LogP contribution in [0.3, 0.4) is 0 Å². The molecule has 0 saturated carbocycles. The van der Waals surface area contributed by atoms with E-state index < -0.39 is 27.7 Å². The van der Waals surface area contributed by atoms with Crippen LogP contribution in [0.4, 0.5) is 25.0 Å². The van der Waals surface area contributed by atoms with Crippen molar-refractivity contribution in [2.75, 3.05) is 36.6 Å². The van der Waals surface area contributed by atoms with Crippen LogP contribution in [0.5, 0.6) is 5.75 Å². The Morgan fingerprint density at radius 3 is 2.32 bits per heavy atom. The first-order valence-corrected chi connectivity index (χ1v) is 10.0. The average Bonchev–Trinajstić information content (AvgIpc) is 2.63. The number of likely N-dealkylation sites (N-methyl/N-ethyl adjacent to an activating group) is 1. The van der Waals surface area contributed by atoms with Crippen LogP contribution in [0.2, 0.25) is 0 Å². The molecular weight excluding hydrogens is 392 g/mol. The first-order chi connectivity index (χ1) is 13.2. The summed E-state index contributed by atoms with van der Waals surface area (Å²) in [5.74, 6) is -0.959. The van der Waals surface area contributed by atoms with Gasteiger partial charge in [-0.3, -0.25) is 0 Å². The van der Waals surface area contributed by atoms with E-state index in [2.05, 4.69) is 10.6 Å². The summed E-state index contributed by atoms with van der Waals surface area (Å²) >= 11 is 0. The van der Waals surface area contributed by atoms with Gasteiger partial charge in [-0.1, -0.05) is 0 Å². The van der Waals surface area contributed by atoms with E-state index in [1.165, 1.54) is 44.3 Å². The maximum Gasteiger partial charge on any atom is 0.323 e. The van der Waals surface area contributed by atoms with Crippen LogP contribution < -0.4 is 15.4 Å². The quantitative estimate of drug-likeness (QED) is 0.695. The number of hydrogen-bond donors (Lipinski definition) is 2. The van der Waals surface area contributed by atoms with Crippen LogP contribution in [0.1, 0.15) is 6.92 Å². The fourth-order valence-electron chi connectivity index (χ4n) is 2.20. The molecule has 0 aromatic heterocycles. The Morgan fingerprint density at radius 2 is 1.68 bits per heavy atom. The molecule has 7 nitrogen and oxygen atoms in total. The highest BCUT2D eigenvalue weighted by Gasteiger charge is 2.14. The van der Waals surface area contributed by atoms with E-state index in [-0.39, 0.29) is 30.3 Å². The van der Waals surface area contributed by atoms with E-state index in [4.69, 9.17) is 4.74 Å². The van der Waals surface area contributed by atoms with Crippen LogP contribution in [-0.4, -0.2) is 44.7 Å². The lowest BCUT2D eigenvalue weighted by Gasteiger charge is -2.16. The Morgan fingerprint density at radius 1 is 1.04 bits per heavy atom. The summed E-state index contributed by atoms with van der Waals surface area (Å²) in [7, 11) is -1.90. The number of benzene rings is 2. The van der Waals surface area contributed by atoms with E-state index in [1.54, 1.807) is 0 Å². The van der Waals surface area contributed by atoms with Gasteiger partial charge < -0.3 is 15.4 Å². The summed E-state index contributed by atoms with van der Waals surface area (Å²) in [5, 5.41) is 4.93. The van der Waals surface area contributed by atoms with Crippen LogP contribution >= 0.6 is 0 Å². The number of hydrogen-bond acceptors (Lipinski definition) is 4. The van der Waals surface area contributed by atoms with Crippen molar-refractivity contribution in [2.24, 2.45) is 0 Å². The zero-order chi connectivity index (χ0) is 20.7. The van der Waals surface area contributed by atoms with Crippen LogP contribution in [0, 0.1) is 11.6 Å². The second kappa shape index (κ2) is 9.47. The monoisotopic (exact) mass is 413 g/mol. The Bertz CT molecular complexity index is 921. The van der Waals surface area contributed by atoms with Gasteiger partial charge in [0.25, 0.3) is 0 Å². The van der Waals surface area contributed by atoms with E-state index in [0.717, 1.165) is 16.4 Å². The standard InChI is InChI=1S/C18H21F2N3O4S/c1-3-28(25,26)23(2)8-9-27-17-11-14(20)10-16(12-17)22-18(24)21-15-6-4-13(19)5-7-15/h4-7,10-12H,3,8-9H2,1-2H3,(H2,21,22,24). The van der Waals surface area contributed by atoms with Crippen LogP contribution in [0.25, 0.3) is 0 Å². The summed E-state index contributed by atoms with van der Waals surface area (Å²) in [5.41, 5.74) is 0.510. The van der Waals surface area contributed by atoms with Gasteiger partial charge >= 0.3 is 6.03 Å². The highest BCUT2D eigenvalue weighted by Crippen LogP contribution is 2.21. The fourth-order valence-corrected chi connectivity index (χ4v) is 2.99. The number of ether oxygens (including phenoxy) is 1. The minimum absolute atomic E-state index is 0.0143. The third-order valence-corrected chi connectivity index (χ3v) is 5.61. The number of carbonyl (C=O) groups is 1. The Labute approximate surface area is 162 Å². The van der Waals surface area contributed by atoms with Gasteiger partial charge in [0.1, 0.15) is 24.0 Å². The van der Waals surface area contributed by atoms with Gasteiger partial charge in [-0.15, -0.1) is 0 Å². The molecule has 0 aliphatic rings. The third kappa shape index (κ3) is 6.46. The number of anilines is 2. The van der Waals surface area contributed by atoms with E-state index >= 15 is 0 Å². The molecule has 0 fully saturated rings. The summed E-state index contributed by atoms with van der Waals surface area (Å²) in [6.07, 6.45) is 0. The van der Waals surface area contributed by atoms with Gasteiger partial charge in [0.05, 0.1) is 5.75 Å². The Kier molecular flexibility index (Phi) is 7.30. The Hall–Kier alpha value is -2.72. The number of nitrogens with one attached hydrogen (secondary N) is 2. The van der Waals surface area contributed by atoms with E-state index in [0.29, 0.717) is 5.69 Å². The lowest BCUT2D eigenvalue weighted by molar-refractivity contribution is 0.262. The highest BCUT2D eigenvalue weighted by molar-refractivity contribution is 7.89. The molecule has 2 aromatic rings. The maximum absolute atomic E-state index is 13.8. The van der Waals surface area contributed by atoms with Gasteiger partial charge in [-0.2, -0.15) is 0 Å². The van der Waals surface area contributed by atoms with Gasteiger partial charge in [0.15, 0.2) is 0 Å². The SMILES string of the molecule is CCS(=O)(=O)N(C)CCOc1cc(F)cc(NC(=O)Nc2ccc(F)cc2)c1. The minimum atomic E-state index is -3.33. The van der Waals surface area contributed by atoms with Crippen molar-refractivity contribution in [3.63, 3.8) is 0 Å². The number of sulfonamides is 1. The molecule has 2 N–H and O–H groups in total. The molecule has 2 amide bonds. The van der Waals surface area contributed by atoms with Crippen molar-refractivity contribution < 1.29 is 26.7 Å². The summed E-state index contributed by atoms with van der Waals surface area (Å²) in [4.78, 5) is 12.0. The molecule has 0 aliphatic heterocycles. The summed E-state index contributed by atoms with van der Waals surface area (Å²) < 4.78 is 56.6. The van der Waals surface area contributed by atoms with Crippen molar-refractivity contribution in [1.29, 1.82) is 0 Å². The maximum atomic E-state index is 13.8. The van der Waals surface area contributed by atoms with Crippen LogP contribution in [0.15, 0.2) is 42.5 Å². The molecule has 2 aromatic carbocycles. The number of urea groups is 1. The molecule has 0 radical (unpaired) electrons. The first kappa shape index (κ1) is 21.6. The first-order valence-electron chi connectivity index (χ1n) is 8.40. The second-order valence-electron chi connectivity index (χ2n) is 5.83. The lowest BCUT2D eigenvalue weighted by Crippen LogP contribution is -2.32. The minimum Gasteiger partial charge on any atom is -0.492 e. The molecule has 0 unspecified atom stereocenters. The fraction of sp³-hybridized carbons (Fsp3) is 0.278. The van der Waals surface area contributed by atoms with Crippen molar-refractivity contribution >= 4 is 27.4 Å². The molecular formula is C18H21F2N3O4S. The number of rotatable bonds is 8. The zero-order valence-corrected chi connectivity index (χ0v) is 16.2. The lowest BCUT2D eigenvalue weighted by atomic mass is 10.3. The van der Waals surface area contributed by atoms with E-state index in [9.17, 15) is 22.0 Å². The van der Waals surface area contributed by atoms with E-state index in [1.807, 2.05) is 0 Å². The van der Waals surface area contributed by atoms with Gasteiger partial charge in [0.2, 0.25) is 10.0 Å². The molecule has 0 spiro atoms. The molecule has 0 aliphatic carbocycles. The van der Waals surface area contributed by atoms with Crippen molar-refractivity contribution in [3.05, 3.63) is 54.1 Å². The molecule has 28 heavy (non-hydrogen) atoms. The number of carbonyl (C=O) groups excluding carboxylic acids is 1. The molecule has 0 heterocycles. The predicted molar refractivity (Wildman–Crippen MR) is 103 cm³/mol. The largest absolute Gasteiger partial charge is 0.492 e. The molecule has 2 rings (SSSR count). The predicted octanol–water partition coefficient (Wildman–Crippen LogP) is 3.27. The third-order valence-electron chi connectivity index (χ3n) is 3.75. The number of amides is 2. The number of halogens is 2. The van der Waals surface area contributed by atoms with Crippen molar-refractivity contribution in [1.82, 2.24) is 4.31 Å². The second-order valence-corrected chi connectivity index (χ2v) is 8.20. The molecule has 0 saturated heterocycles.